The first-order valence-electron chi connectivity index (χ1n) is 42.4. The van der Waals surface area contributed by atoms with Crippen LogP contribution in [0.25, 0.3) is 87.6 Å². The number of benzene rings is 12. The van der Waals surface area contributed by atoms with Crippen LogP contribution in [-0.4, -0.2) is 20.4 Å². The van der Waals surface area contributed by atoms with Gasteiger partial charge in [0.1, 0.15) is 23.0 Å². The zero-order valence-corrected chi connectivity index (χ0v) is 64.2. The van der Waals surface area contributed by atoms with Gasteiger partial charge < -0.3 is 20.4 Å². The monoisotopic (exact) mass is 1420 g/mol. The van der Waals surface area contributed by atoms with E-state index in [2.05, 4.69) is 196 Å². The molecule has 9 aliphatic rings. The molecule has 0 unspecified atom stereocenters. The molecule has 9 aliphatic carbocycles. The quantitative estimate of drug-likeness (QED) is 0.139. The summed E-state index contributed by atoms with van der Waals surface area (Å²) in [6.45, 7) is 4.72. The van der Waals surface area contributed by atoms with Crippen LogP contribution < -0.4 is 0 Å². The summed E-state index contributed by atoms with van der Waals surface area (Å²) < 4.78 is 0. The lowest BCUT2D eigenvalue weighted by molar-refractivity contribution is 0.0951. The number of phenols is 4. The van der Waals surface area contributed by atoms with Crippen LogP contribution in [0.2, 0.25) is 0 Å². The molecule has 5 spiro atoms. The van der Waals surface area contributed by atoms with Gasteiger partial charge in [-0.3, -0.25) is 0 Å². The predicted molar refractivity (Wildman–Crippen MR) is 451 cm³/mol. The fraction of sp³-hybridized carbons (Fsp3) is 0.385. The smallest absolute Gasteiger partial charge is 0.123 e. The van der Waals surface area contributed by atoms with E-state index in [1.54, 1.807) is 0 Å². The number of phenolic OH excluding ortho intramolecular Hbond substituents is 4. The van der Waals surface area contributed by atoms with Gasteiger partial charge in [0, 0.05) is 43.2 Å². The molecule has 0 bridgehead atoms. The lowest BCUT2D eigenvalue weighted by Crippen LogP contribution is -2.38. The minimum atomic E-state index is 0.0621. The van der Waals surface area contributed by atoms with Gasteiger partial charge in [-0.15, -0.1) is 0 Å². The summed E-state index contributed by atoms with van der Waals surface area (Å²) in [7, 11) is 0. The lowest BCUT2D eigenvalue weighted by Gasteiger charge is -2.48. The average molecular weight is 1420 g/mol. The highest BCUT2D eigenvalue weighted by molar-refractivity contribution is 6.09. The molecule has 0 atom stereocenters. The van der Waals surface area contributed by atoms with Gasteiger partial charge in [0.25, 0.3) is 0 Å². The van der Waals surface area contributed by atoms with Gasteiger partial charge in [-0.05, 0) is 236 Å². The second kappa shape index (κ2) is 28.7. The van der Waals surface area contributed by atoms with Crippen molar-refractivity contribution in [3.05, 3.63) is 263 Å². The highest BCUT2D eigenvalue weighted by Gasteiger charge is 2.52. The van der Waals surface area contributed by atoms with E-state index in [-0.39, 0.29) is 21.7 Å². The molecular weight excluding hydrogens is 1310 g/mol. The fourth-order valence-electron chi connectivity index (χ4n) is 24.0. The van der Waals surface area contributed by atoms with E-state index in [4.69, 9.17) is 0 Å². The Morgan fingerprint density at radius 2 is 0.426 bits per heavy atom. The largest absolute Gasteiger partial charge is 0.507 e. The maximum absolute atomic E-state index is 10.9. The summed E-state index contributed by atoms with van der Waals surface area (Å²) in [6, 6.07) is 77.8. The van der Waals surface area contributed by atoms with Gasteiger partial charge in [0.05, 0.1) is 0 Å². The van der Waals surface area contributed by atoms with E-state index in [1.807, 2.05) is 36.4 Å². The highest BCUT2D eigenvalue weighted by atomic mass is 16.3. The van der Waals surface area contributed by atoms with E-state index in [9.17, 15) is 20.4 Å². The molecule has 12 aromatic rings. The van der Waals surface area contributed by atoms with Gasteiger partial charge in [-0.1, -0.05) is 324 Å². The second-order valence-electron chi connectivity index (χ2n) is 34.8. The summed E-state index contributed by atoms with van der Waals surface area (Å²) in [5.41, 5.74) is 23.9. The van der Waals surface area contributed by atoms with E-state index in [1.165, 1.54) is 316 Å². The van der Waals surface area contributed by atoms with E-state index in [0.717, 1.165) is 21.5 Å². The summed E-state index contributed by atoms with van der Waals surface area (Å²) in [4.78, 5) is 0. The molecule has 5 saturated carbocycles. The molecule has 12 aromatic carbocycles. The minimum absolute atomic E-state index is 0.0621. The Bertz CT molecular complexity index is 5340. The molecule has 5 fully saturated rings. The topological polar surface area (TPSA) is 80.9 Å². The number of fused-ring (bicyclic) bond motifs is 28. The van der Waals surface area contributed by atoms with Crippen molar-refractivity contribution < 1.29 is 20.4 Å². The first-order chi connectivity index (χ1) is 53.0. The second-order valence-corrected chi connectivity index (χ2v) is 34.8. The molecule has 4 N–H and O–H groups in total. The Balaban J connectivity index is 0.000000102. The van der Waals surface area contributed by atoms with Gasteiger partial charge in [0.15, 0.2) is 0 Å². The third-order valence-corrected chi connectivity index (χ3v) is 29.9. The number of hydrogen-bond donors (Lipinski definition) is 4. The number of hydrogen-bond acceptors (Lipinski definition) is 4. The molecule has 550 valence electrons. The van der Waals surface area contributed by atoms with Crippen LogP contribution in [0.3, 0.4) is 0 Å². The summed E-state index contributed by atoms with van der Waals surface area (Å²) in [5.74, 6) is 1.75. The van der Waals surface area contributed by atoms with Crippen molar-refractivity contribution in [2.45, 2.75) is 241 Å². The molecule has 4 nitrogen and oxygen atoms in total. The third-order valence-electron chi connectivity index (χ3n) is 29.9. The summed E-state index contributed by atoms with van der Waals surface area (Å²) >= 11 is 0. The van der Waals surface area contributed by atoms with Crippen molar-refractivity contribution in [3.63, 3.8) is 0 Å². The third kappa shape index (κ3) is 11.5. The Labute approximate surface area is 641 Å². The average Bonchev–Trinajstić information content (AvgIpc) is 1.95. The Kier molecular flexibility index (Phi) is 18.8. The first-order valence-corrected chi connectivity index (χ1v) is 42.4. The predicted octanol–water partition coefficient (Wildman–Crippen LogP) is 28.8. The Morgan fingerprint density at radius 1 is 0.213 bits per heavy atom. The lowest BCUT2D eigenvalue weighted by atomic mass is 9.56. The van der Waals surface area contributed by atoms with Crippen LogP contribution in [0.1, 0.15) is 264 Å². The zero-order valence-electron chi connectivity index (χ0n) is 64.2. The Hall–Kier alpha value is -9.12. The molecule has 108 heavy (non-hydrogen) atoms. The molecular formula is C104H110O4. The van der Waals surface area contributed by atoms with Gasteiger partial charge in [0.2, 0.25) is 0 Å². The molecule has 0 aromatic heterocycles. The molecule has 0 radical (unpaired) electrons. The van der Waals surface area contributed by atoms with Crippen molar-refractivity contribution in [2.75, 3.05) is 0 Å². The van der Waals surface area contributed by atoms with Crippen molar-refractivity contribution in [3.8, 4) is 67.5 Å². The van der Waals surface area contributed by atoms with Crippen molar-refractivity contribution in [2.24, 2.45) is 10.8 Å². The molecule has 0 heterocycles. The Morgan fingerprint density at radius 3 is 0.704 bits per heavy atom. The molecule has 0 aliphatic heterocycles. The summed E-state index contributed by atoms with van der Waals surface area (Å²) in [6.07, 6.45) is 42.0. The van der Waals surface area contributed by atoms with Crippen LogP contribution in [0.15, 0.2) is 218 Å². The zero-order chi connectivity index (χ0) is 73.2. The maximum Gasteiger partial charge on any atom is 0.123 e. The van der Waals surface area contributed by atoms with Crippen LogP contribution in [-0.2, 0) is 21.7 Å². The van der Waals surface area contributed by atoms with Crippen LogP contribution in [0, 0.1) is 10.8 Å². The first kappa shape index (κ1) is 70.5. The van der Waals surface area contributed by atoms with Crippen LogP contribution in [0.5, 0.6) is 23.0 Å². The number of aromatic hydroxyl groups is 4. The standard InChI is InChI=1S/C28H32O.C27H28O.C26H28O.C23H22O/c29-26-20-25-27(22-15-9-8-14-21(22)26)23-16-10-11-17-24(23)28(25)18-12-6-4-2-1-3-5-7-13-19-28;28-24-18-23-25(20-9-3-2-8-19(20)24)21-10-4-5-11-22(21)27(23)16-14-26(15-17-27)12-6-1-7-13-26;1-3-25(4-2)13-15-26(16-14-25)21-12-8-7-11-20(21)24-19-10-6-5-9-18(19)23(27)17-22(24)26;24-21-15-20-22(17-10-4-3-9-16(17)21)18-11-5-6-12-19(18)23(20)13-7-1-2-8-14-23/h8-11,14-17,20,29H,1-7,12-13,18-19H2;2-5,8-11,18,28H,1,6-7,12-17H2;5-12,17,27H,3-4,13-16H2,1-2H3;3-6,9-12,15,24H,1-2,7-8,13-14H2. The van der Waals surface area contributed by atoms with Crippen molar-refractivity contribution in [1.29, 1.82) is 0 Å². The van der Waals surface area contributed by atoms with Crippen LogP contribution in [0.4, 0.5) is 0 Å². The molecule has 21 rings (SSSR count). The van der Waals surface area contributed by atoms with Gasteiger partial charge in [-0.25, -0.2) is 0 Å². The molecule has 4 heteroatoms. The SMILES string of the molecule is CCC1(CC)CCC2(CC1)c1ccccc1-c1c2cc(O)c2ccccc12.Oc1cc2c(c3ccccc13)-c1ccccc1C21CCC2(CCCCC2)CC1.Oc1cc2c(c3ccccc13)-c1ccccc1C21CCCCCC1.Oc1cc2c(c3ccccc13)-c1ccccc1C21CCCCCCCCCCC1. The minimum Gasteiger partial charge on any atom is -0.507 e. The molecule has 0 saturated heterocycles. The van der Waals surface area contributed by atoms with Crippen LogP contribution >= 0.6 is 0 Å². The number of rotatable bonds is 2. The molecule has 0 amide bonds. The normalized spacial score (nSPS) is 19.7. The summed E-state index contributed by atoms with van der Waals surface area (Å²) in [5, 5.41) is 52.0. The van der Waals surface area contributed by atoms with E-state index < -0.39 is 0 Å². The van der Waals surface area contributed by atoms with E-state index >= 15 is 0 Å². The van der Waals surface area contributed by atoms with E-state index in [0.29, 0.717) is 33.8 Å². The fourth-order valence-corrected chi connectivity index (χ4v) is 24.0. The maximum atomic E-state index is 10.9. The highest BCUT2D eigenvalue weighted by Crippen LogP contribution is 2.66. The van der Waals surface area contributed by atoms with Gasteiger partial charge >= 0.3 is 0 Å². The van der Waals surface area contributed by atoms with Gasteiger partial charge in [-0.2, -0.15) is 0 Å². The van der Waals surface area contributed by atoms with Crippen molar-refractivity contribution in [1.82, 2.24) is 0 Å². The van der Waals surface area contributed by atoms with Crippen molar-refractivity contribution >= 4 is 43.1 Å².